The topological polar surface area (TPSA) is 72.8 Å². The van der Waals surface area contributed by atoms with Crippen molar-refractivity contribution in [1.82, 2.24) is 0 Å². The minimum atomic E-state index is -0.951. The Bertz CT molecular complexity index is 436. The van der Waals surface area contributed by atoms with Crippen LogP contribution < -0.4 is 0 Å². The van der Waals surface area contributed by atoms with Crippen molar-refractivity contribution in [3.8, 4) is 5.75 Å². The predicted octanol–water partition coefficient (Wildman–Crippen LogP) is 1.58. The first-order valence-corrected chi connectivity index (χ1v) is 4.39. The van der Waals surface area contributed by atoms with Gasteiger partial charge >= 0.3 is 11.9 Å². The summed E-state index contributed by atoms with van der Waals surface area (Å²) in [7, 11) is 0. The molecule has 84 valence electrons. The van der Waals surface area contributed by atoms with E-state index in [2.05, 4.69) is 16.4 Å². The van der Waals surface area contributed by atoms with E-state index in [1.54, 1.807) is 6.07 Å². The summed E-state index contributed by atoms with van der Waals surface area (Å²) in [5.74, 6) is -2.05. The highest BCUT2D eigenvalue weighted by molar-refractivity contribution is 5.93. The number of hydrogen-bond acceptors (Lipinski definition) is 5. The third kappa shape index (κ3) is 2.84. The maximum absolute atomic E-state index is 11.3. The van der Waals surface area contributed by atoms with Gasteiger partial charge in [-0.1, -0.05) is 18.7 Å². The highest BCUT2D eigenvalue weighted by Gasteiger charge is 2.15. The van der Waals surface area contributed by atoms with E-state index in [1.807, 2.05) is 0 Å². The molecule has 5 heteroatoms. The predicted molar refractivity (Wildman–Crippen MR) is 54.4 cm³/mol. The summed E-state index contributed by atoms with van der Waals surface area (Å²) < 4.78 is 0. The Labute approximate surface area is 91.8 Å². The smallest absolute Gasteiger partial charge is 0.390 e. The van der Waals surface area contributed by atoms with Gasteiger partial charge < -0.3 is 5.11 Å². The number of phenols is 1. The molecule has 0 amide bonds. The fraction of sp³-hybridized carbons (Fsp3) is 0.0909. The van der Waals surface area contributed by atoms with Gasteiger partial charge in [0.2, 0.25) is 0 Å². The summed E-state index contributed by atoms with van der Waals surface area (Å²) in [6, 6.07) is 5.74. The molecule has 0 aliphatic heterocycles. The molecule has 5 nitrogen and oxygen atoms in total. The first-order valence-electron chi connectivity index (χ1n) is 4.39. The molecular formula is C11H10O5. The molecule has 0 saturated carbocycles. The Morgan fingerprint density at radius 3 is 2.44 bits per heavy atom. The van der Waals surface area contributed by atoms with Gasteiger partial charge in [-0.05, 0) is 19.1 Å². The van der Waals surface area contributed by atoms with E-state index in [9.17, 15) is 14.7 Å². The van der Waals surface area contributed by atoms with E-state index in [1.165, 1.54) is 25.1 Å². The molecule has 0 aromatic heterocycles. The van der Waals surface area contributed by atoms with Crippen LogP contribution in [0, 0.1) is 0 Å². The van der Waals surface area contributed by atoms with E-state index >= 15 is 0 Å². The monoisotopic (exact) mass is 222 g/mol. The lowest BCUT2D eigenvalue weighted by atomic mass is 10.2. The number of hydrogen-bond donors (Lipinski definition) is 1. The van der Waals surface area contributed by atoms with Crippen molar-refractivity contribution in [3.63, 3.8) is 0 Å². The molecule has 0 aliphatic carbocycles. The minimum Gasteiger partial charge on any atom is -0.507 e. The van der Waals surface area contributed by atoms with Crippen molar-refractivity contribution in [2.45, 2.75) is 6.92 Å². The van der Waals surface area contributed by atoms with Gasteiger partial charge in [0.05, 0.1) is 0 Å². The maximum atomic E-state index is 11.3. The first-order chi connectivity index (χ1) is 7.52. The van der Waals surface area contributed by atoms with Gasteiger partial charge in [0.25, 0.3) is 0 Å². The molecule has 0 radical (unpaired) electrons. The van der Waals surface area contributed by atoms with E-state index in [0.29, 0.717) is 0 Å². The summed E-state index contributed by atoms with van der Waals surface area (Å²) in [4.78, 5) is 30.6. The number of carbonyl (C=O) groups is 2. The molecule has 16 heavy (non-hydrogen) atoms. The highest BCUT2D eigenvalue weighted by atomic mass is 17.2. The number of phenolic OH excluding ortho intramolecular Hbond substituents is 1. The normalized spacial score (nSPS) is 9.31. The average Bonchev–Trinajstić information content (AvgIpc) is 2.25. The molecule has 0 aliphatic rings. The highest BCUT2D eigenvalue weighted by Crippen LogP contribution is 2.16. The van der Waals surface area contributed by atoms with E-state index in [0.717, 1.165) is 0 Å². The van der Waals surface area contributed by atoms with Crippen LogP contribution in [-0.4, -0.2) is 17.0 Å². The van der Waals surface area contributed by atoms with E-state index in [4.69, 9.17) is 0 Å². The van der Waals surface area contributed by atoms with Crippen molar-refractivity contribution >= 4 is 11.9 Å². The summed E-state index contributed by atoms with van der Waals surface area (Å²) in [6.07, 6.45) is 0. The maximum Gasteiger partial charge on any atom is 0.390 e. The number of para-hydroxylation sites is 1. The summed E-state index contributed by atoms with van der Waals surface area (Å²) >= 11 is 0. The van der Waals surface area contributed by atoms with Crippen molar-refractivity contribution in [2.24, 2.45) is 0 Å². The van der Waals surface area contributed by atoms with Gasteiger partial charge in [-0.2, -0.15) is 0 Å². The van der Waals surface area contributed by atoms with Gasteiger partial charge in [-0.25, -0.2) is 19.4 Å². The molecule has 0 spiro atoms. The zero-order valence-corrected chi connectivity index (χ0v) is 8.60. The minimum absolute atomic E-state index is 0.0861. The zero-order valence-electron chi connectivity index (χ0n) is 8.60. The lowest BCUT2D eigenvalue weighted by Gasteiger charge is -2.03. The summed E-state index contributed by atoms with van der Waals surface area (Å²) in [5, 5.41) is 9.30. The van der Waals surface area contributed by atoms with Gasteiger partial charge in [0, 0.05) is 5.57 Å². The second-order valence-corrected chi connectivity index (χ2v) is 3.04. The molecule has 0 heterocycles. The van der Waals surface area contributed by atoms with Crippen LogP contribution in [0.4, 0.5) is 0 Å². The Hall–Kier alpha value is -2.30. The Morgan fingerprint density at radius 2 is 1.88 bits per heavy atom. The lowest BCUT2D eigenvalue weighted by molar-refractivity contribution is -0.229. The summed E-state index contributed by atoms with van der Waals surface area (Å²) in [5.41, 5.74) is 0.0158. The molecule has 0 saturated heterocycles. The molecule has 0 fully saturated rings. The standard InChI is InChI=1S/C11H10O5/c1-7(2)10(13)15-16-11(14)8-5-3-4-6-9(8)12/h3-6,12H,1H2,2H3. The van der Waals surface area contributed by atoms with Crippen molar-refractivity contribution in [2.75, 3.05) is 0 Å². The second kappa shape index (κ2) is 4.97. The quantitative estimate of drug-likeness (QED) is 0.467. The largest absolute Gasteiger partial charge is 0.507 e. The number of aromatic hydroxyl groups is 1. The Kier molecular flexibility index (Phi) is 3.66. The number of rotatable bonds is 2. The summed E-state index contributed by atoms with van der Waals surface area (Å²) in [6.45, 7) is 4.72. The second-order valence-electron chi connectivity index (χ2n) is 3.04. The van der Waals surface area contributed by atoms with Crippen LogP contribution in [0.3, 0.4) is 0 Å². The van der Waals surface area contributed by atoms with Crippen molar-refractivity contribution < 1.29 is 24.5 Å². The van der Waals surface area contributed by atoms with Gasteiger partial charge in [-0.15, -0.1) is 0 Å². The van der Waals surface area contributed by atoms with Crippen LogP contribution in [0.15, 0.2) is 36.4 Å². The Balaban J connectivity index is 2.64. The van der Waals surface area contributed by atoms with Crippen LogP contribution in [0.2, 0.25) is 0 Å². The molecular weight excluding hydrogens is 212 g/mol. The third-order valence-corrected chi connectivity index (χ3v) is 1.67. The molecule has 0 unspecified atom stereocenters. The molecule has 0 atom stereocenters. The van der Waals surface area contributed by atoms with Crippen LogP contribution in [0.1, 0.15) is 17.3 Å². The molecule has 0 bridgehead atoms. The fourth-order valence-corrected chi connectivity index (χ4v) is 0.838. The van der Waals surface area contributed by atoms with Gasteiger partial charge in [0.1, 0.15) is 11.3 Å². The third-order valence-electron chi connectivity index (χ3n) is 1.67. The number of carbonyl (C=O) groups excluding carboxylic acids is 2. The van der Waals surface area contributed by atoms with Gasteiger partial charge in [0.15, 0.2) is 0 Å². The Morgan fingerprint density at radius 1 is 1.25 bits per heavy atom. The molecule has 1 N–H and O–H groups in total. The van der Waals surface area contributed by atoms with Crippen molar-refractivity contribution in [3.05, 3.63) is 42.0 Å². The number of benzene rings is 1. The van der Waals surface area contributed by atoms with Crippen LogP contribution in [-0.2, 0) is 14.6 Å². The van der Waals surface area contributed by atoms with Crippen LogP contribution in [0.5, 0.6) is 5.75 Å². The van der Waals surface area contributed by atoms with Crippen LogP contribution in [0.25, 0.3) is 0 Å². The lowest BCUT2D eigenvalue weighted by Crippen LogP contribution is -2.11. The average molecular weight is 222 g/mol. The zero-order chi connectivity index (χ0) is 12.1. The van der Waals surface area contributed by atoms with E-state index < -0.39 is 11.9 Å². The molecule has 1 aromatic carbocycles. The van der Waals surface area contributed by atoms with E-state index in [-0.39, 0.29) is 16.9 Å². The fourth-order valence-electron chi connectivity index (χ4n) is 0.838. The molecule has 1 rings (SSSR count). The SMILES string of the molecule is C=C(C)C(=O)OOC(=O)c1ccccc1O. The van der Waals surface area contributed by atoms with Crippen molar-refractivity contribution in [1.29, 1.82) is 0 Å². The molecule has 1 aromatic rings. The first kappa shape index (κ1) is 11.8. The van der Waals surface area contributed by atoms with Gasteiger partial charge in [-0.3, -0.25) is 0 Å². The van der Waals surface area contributed by atoms with Crippen LogP contribution >= 0.6 is 0 Å².